The molecule has 1 aliphatic heterocycles. The van der Waals surface area contributed by atoms with Crippen molar-refractivity contribution < 1.29 is 14.5 Å². The quantitative estimate of drug-likeness (QED) is 0.489. The lowest BCUT2D eigenvalue weighted by Gasteiger charge is -2.35. The molecule has 1 saturated heterocycles. The summed E-state index contributed by atoms with van der Waals surface area (Å²) >= 11 is 0. The molecule has 2 amide bonds. The Morgan fingerprint density at radius 2 is 1.82 bits per heavy atom. The first-order valence-electron chi connectivity index (χ1n) is 12.0. The number of carbonyl (C=O) groups is 2. The molecule has 9 nitrogen and oxygen atoms in total. The fourth-order valence-electron chi connectivity index (χ4n) is 4.81. The Bertz CT molecular complexity index is 1030. The lowest BCUT2D eigenvalue weighted by Crippen LogP contribution is -2.50. The third-order valence-electron chi connectivity index (χ3n) is 6.80. The van der Waals surface area contributed by atoms with E-state index in [2.05, 4.69) is 10.3 Å². The zero-order chi connectivity index (χ0) is 24.1. The zero-order valence-electron chi connectivity index (χ0n) is 19.5. The minimum Gasteiger partial charge on any atom is -0.371 e. The Morgan fingerprint density at radius 1 is 1.12 bits per heavy atom. The summed E-state index contributed by atoms with van der Waals surface area (Å²) in [5, 5.41) is 14.9. The van der Waals surface area contributed by atoms with Crippen LogP contribution in [0.4, 0.5) is 11.4 Å². The Kier molecular flexibility index (Phi) is 7.40. The summed E-state index contributed by atoms with van der Waals surface area (Å²) in [6, 6.07) is 9.79. The number of aromatic nitrogens is 1. The number of nitrogens with one attached hydrogen (secondary N) is 1. The number of hydrogen-bond acceptors (Lipinski definition) is 6. The van der Waals surface area contributed by atoms with Gasteiger partial charge in [-0.05, 0) is 49.9 Å². The molecule has 2 aliphatic rings. The van der Waals surface area contributed by atoms with Crippen molar-refractivity contribution >= 4 is 23.2 Å². The maximum absolute atomic E-state index is 13.1. The van der Waals surface area contributed by atoms with Crippen molar-refractivity contribution in [3.8, 4) is 0 Å². The smallest absolute Gasteiger partial charge is 0.293 e. The number of amides is 2. The topological polar surface area (TPSA) is 109 Å². The number of nitrogens with zero attached hydrogens (tertiary/aromatic N) is 4. The van der Waals surface area contributed by atoms with Gasteiger partial charge in [0, 0.05) is 50.4 Å². The van der Waals surface area contributed by atoms with Crippen molar-refractivity contribution in [1.29, 1.82) is 0 Å². The highest BCUT2D eigenvalue weighted by Crippen LogP contribution is 2.30. The van der Waals surface area contributed by atoms with E-state index in [-0.39, 0.29) is 29.1 Å². The molecule has 0 bridgehead atoms. The lowest BCUT2D eigenvalue weighted by atomic mass is 10.0. The molecule has 2 fully saturated rings. The Morgan fingerprint density at radius 3 is 2.47 bits per heavy atom. The molecule has 34 heavy (non-hydrogen) atoms. The summed E-state index contributed by atoms with van der Waals surface area (Å²) < 4.78 is 0. The number of carbonyl (C=O) groups excluding carboxylic acids is 2. The van der Waals surface area contributed by atoms with Gasteiger partial charge >= 0.3 is 0 Å². The van der Waals surface area contributed by atoms with Gasteiger partial charge in [-0.25, -0.2) is 0 Å². The highest BCUT2D eigenvalue weighted by atomic mass is 16.6. The number of nitro benzene ring substituents is 1. The molecule has 1 aromatic heterocycles. The van der Waals surface area contributed by atoms with E-state index in [1.165, 1.54) is 18.9 Å². The summed E-state index contributed by atoms with van der Waals surface area (Å²) in [6.45, 7) is 3.74. The van der Waals surface area contributed by atoms with Crippen LogP contribution in [0.15, 0.2) is 42.6 Å². The largest absolute Gasteiger partial charge is 0.371 e. The van der Waals surface area contributed by atoms with E-state index in [9.17, 15) is 19.7 Å². The monoisotopic (exact) mass is 465 g/mol. The molecule has 2 aromatic rings. The molecular formula is C25H31N5O4. The molecule has 4 rings (SSSR count). The maximum atomic E-state index is 13.1. The summed E-state index contributed by atoms with van der Waals surface area (Å²) in [7, 11) is 0. The van der Waals surface area contributed by atoms with Crippen LogP contribution < -0.4 is 5.32 Å². The minimum atomic E-state index is -0.482. The fourth-order valence-corrected chi connectivity index (χ4v) is 4.81. The first-order chi connectivity index (χ1) is 16.4. The van der Waals surface area contributed by atoms with Crippen LogP contribution in [0.3, 0.4) is 0 Å². The van der Waals surface area contributed by atoms with E-state index in [1.807, 2.05) is 30.0 Å². The second-order valence-electron chi connectivity index (χ2n) is 9.14. The second kappa shape index (κ2) is 10.6. The van der Waals surface area contributed by atoms with Crippen LogP contribution in [-0.4, -0.2) is 57.7 Å². The molecule has 180 valence electrons. The predicted molar refractivity (Wildman–Crippen MR) is 128 cm³/mol. The van der Waals surface area contributed by atoms with Crippen LogP contribution in [0, 0.1) is 16.0 Å². The molecule has 1 unspecified atom stereocenters. The van der Waals surface area contributed by atoms with Crippen LogP contribution in [0.1, 0.15) is 61.1 Å². The summed E-state index contributed by atoms with van der Waals surface area (Å²) in [5.74, 6) is 0.419. The van der Waals surface area contributed by atoms with Crippen LogP contribution in [-0.2, 0) is 4.79 Å². The van der Waals surface area contributed by atoms with Gasteiger partial charge in [0.25, 0.3) is 11.6 Å². The summed E-state index contributed by atoms with van der Waals surface area (Å²) in [6.07, 6.45) is 6.96. The molecule has 1 saturated carbocycles. The van der Waals surface area contributed by atoms with Gasteiger partial charge in [-0.2, -0.15) is 0 Å². The molecule has 0 spiro atoms. The molecule has 0 radical (unpaired) electrons. The van der Waals surface area contributed by atoms with E-state index < -0.39 is 4.92 Å². The van der Waals surface area contributed by atoms with Crippen LogP contribution >= 0.6 is 0 Å². The number of pyridine rings is 1. The minimum absolute atomic E-state index is 0.154. The highest BCUT2D eigenvalue weighted by molar-refractivity contribution is 5.96. The molecular weight excluding hydrogens is 434 g/mol. The van der Waals surface area contributed by atoms with Crippen molar-refractivity contribution in [2.45, 2.75) is 45.1 Å². The van der Waals surface area contributed by atoms with E-state index in [1.54, 1.807) is 23.2 Å². The zero-order valence-corrected chi connectivity index (χ0v) is 19.5. The van der Waals surface area contributed by atoms with Gasteiger partial charge in [0.05, 0.1) is 16.7 Å². The standard InChI is InChI=1S/C25H31N5O4/c1-18(21-8-4-5-11-26-21)27-22-10-9-20(17-23(22)30(33)34)25(32)29-14-12-28(13-15-29)24(31)16-19-6-2-3-7-19/h4-5,8-11,17-19,27H,2-3,6-7,12-16H2,1H3. The Labute approximate surface area is 199 Å². The second-order valence-corrected chi connectivity index (χ2v) is 9.14. The van der Waals surface area contributed by atoms with Crippen molar-refractivity contribution in [3.63, 3.8) is 0 Å². The van der Waals surface area contributed by atoms with Crippen LogP contribution in [0.5, 0.6) is 0 Å². The fraction of sp³-hybridized carbons (Fsp3) is 0.480. The summed E-state index contributed by atoms with van der Waals surface area (Å²) in [4.78, 5) is 44.7. The molecule has 1 N–H and O–H groups in total. The van der Waals surface area contributed by atoms with Crippen molar-refractivity contribution in [1.82, 2.24) is 14.8 Å². The summed E-state index contributed by atoms with van der Waals surface area (Å²) in [5.41, 5.74) is 1.21. The third-order valence-corrected chi connectivity index (χ3v) is 6.80. The van der Waals surface area contributed by atoms with Crippen LogP contribution in [0.25, 0.3) is 0 Å². The normalized spacial score (nSPS) is 17.4. The SMILES string of the molecule is CC(Nc1ccc(C(=O)N2CCN(C(=O)CC3CCCC3)CC2)cc1[N+](=O)[O-])c1ccccn1. The third kappa shape index (κ3) is 5.52. The van der Waals surface area contributed by atoms with E-state index in [4.69, 9.17) is 0 Å². The maximum Gasteiger partial charge on any atom is 0.293 e. The predicted octanol–water partition coefficient (Wildman–Crippen LogP) is 4.03. The molecule has 2 heterocycles. The lowest BCUT2D eigenvalue weighted by molar-refractivity contribution is -0.384. The highest BCUT2D eigenvalue weighted by Gasteiger charge is 2.28. The number of piperazine rings is 1. The number of nitro groups is 1. The van der Waals surface area contributed by atoms with Gasteiger partial charge in [-0.1, -0.05) is 18.9 Å². The van der Waals surface area contributed by atoms with E-state index >= 15 is 0 Å². The van der Waals surface area contributed by atoms with Gasteiger partial charge in [-0.3, -0.25) is 24.7 Å². The molecule has 9 heteroatoms. The number of anilines is 1. The van der Waals surface area contributed by atoms with Gasteiger partial charge in [0.1, 0.15) is 5.69 Å². The number of rotatable bonds is 7. The molecule has 1 aliphatic carbocycles. The number of benzene rings is 1. The molecule has 1 aromatic carbocycles. The Balaban J connectivity index is 1.39. The van der Waals surface area contributed by atoms with Crippen molar-refractivity contribution in [2.24, 2.45) is 5.92 Å². The van der Waals surface area contributed by atoms with Gasteiger partial charge in [-0.15, -0.1) is 0 Å². The average molecular weight is 466 g/mol. The van der Waals surface area contributed by atoms with Gasteiger partial charge < -0.3 is 15.1 Å². The average Bonchev–Trinajstić information content (AvgIpc) is 3.37. The van der Waals surface area contributed by atoms with E-state index in [0.29, 0.717) is 44.2 Å². The Hall–Kier alpha value is -3.49. The number of hydrogen-bond donors (Lipinski definition) is 1. The first kappa shape index (κ1) is 23.7. The molecule has 1 atom stereocenters. The van der Waals surface area contributed by atoms with Gasteiger partial charge in [0.2, 0.25) is 5.91 Å². The van der Waals surface area contributed by atoms with Crippen molar-refractivity contribution in [3.05, 3.63) is 64.0 Å². The van der Waals surface area contributed by atoms with Gasteiger partial charge in [0.15, 0.2) is 0 Å². The van der Waals surface area contributed by atoms with Crippen molar-refractivity contribution in [2.75, 3.05) is 31.5 Å². The van der Waals surface area contributed by atoms with Crippen LogP contribution in [0.2, 0.25) is 0 Å². The first-order valence-corrected chi connectivity index (χ1v) is 12.0. The van der Waals surface area contributed by atoms with E-state index in [0.717, 1.165) is 18.5 Å².